The molecule has 1 atom stereocenters. The molecule has 1 unspecified atom stereocenters. The number of hydrogen-bond acceptors (Lipinski definition) is 5. The van der Waals surface area contributed by atoms with Crippen molar-refractivity contribution in [2.24, 2.45) is 0 Å². The van der Waals surface area contributed by atoms with Crippen molar-refractivity contribution in [2.45, 2.75) is 19.5 Å². The van der Waals surface area contributed by atoms with E-state index in [1.165, 1.54) is 16.5 Å². The lowest BCUT2D eigenvalue weighted by molar-refractivity contribution is -0.0159. The zero-order chi connectivity index (χ0) is 17.2. The predicted molar refractivity (Wildman–Crippen MR) is 98.6 cm³/mol. The molecule has 3 aromatic rings. The van der Waals surface area contributed by atoms with Crippen LogP contribution in [-0.2, 0) is 11.3 Å². The molecule has 25 heavy (non-hydrogen) atoms. The molecule has 0 radical (unpaired) electrons. The number of aromatic nitrogens is 3. The van der Waals surface area contributed by atoms with Crippen molar-refractivity contribution in [3.63, 3.8) is 0 Å². The number of aromatic amines is 1. The third-order valence-corrected chi connectivity index (χ3v) is 4.67. The topological polar surface area (TPSA) is 66.1 Å². The van der Waals surface area contributed by atoms with Crippen LogP contribution in [-0.4, -0.2) is 46.7 Å². The van der Waals surface area contributed by atoms with Crippen LogP contribution in [0.15, 0.2) is 36.5 Å². The Morgan fingerprint density at radius 3 is 3.08 bits per heavy atom. The molecule has 2 aromatic heterocycles. The molecular formula is C19H23N5O. The van der Waals surface area contributed by atoms with Gasteiger partial charge in [0.2, 0.25) is 0 Å². The van der Waals surface area contributed by atoms with Gasteiger partial charge in [-0.3, -0.25) is 4.90 Å². The van der Waals surface area contributed by atoms with Crippen LogP contribution >= 0.6 is 0 Å². The summed E-state index contributed by atoms with van der Waals surface area (Å²) < 4.78 is 5.73. The number of nitrogens with zero attached hydrogens (tertiary/aromatic N) is 3. The number of benzene rings is 1. The molecule has 6 nitrogen and oxygen atoms in total. The summed E-state index contributed by atoms with van der Waals surface area (Å²) >= 11 is 0. The van der Waals surface area contributed by atoms with Gasteiger partial charge in [0, 0.05) is 43.6 Å². The molecule has 0 spiro atoms. The summed E-state index contributed by atoms with van der Waals surface area (Å²) in [5, 5.41) is 4.35. The zero-order valence-corrected chi connectivity index (χ0v) is 14.6. The molecule has 4 rings (SSSR count). The van der Waals surface area contributed by atoms with Crippen LogP contribution in [0, 0.1) is 6.92 Å². The Hall–Kier alpha value is -2.44. The first-order chi connectivity index (χ1) is 12.2. The lowest BCUT2D eigenvalue weighted by atomic mass is 10.1. The van der Waals surface area contributed by atoms with E-state index in [1.54, 1.807) is 0 Å². The molecule has 0 amide bonds. The number of ether oxygens (including phenoxy) is 1. The van der Waals surface area contributed by atoms with Crippen molar-refractivity contribution in [1.82, 2.24) is 19.9 Å². The van der Waals surface area contributed by atoms with Crippen molar-refractivity contribution >= 4 is 16.7 Å². The lowest BCUT2D eigenvalue weighted by Crippen LogP contribution is -2.40. The van der Waals surface area contributed by atoms with E-state index in [1.807, 2.05) is 26.2 Å². The Balaban J connectivity index is 1.61. The predicted octanol–water partition coefficient (Wildman–Crippen LogP) is 2.88. The lowest BCUT2D eigenvalue weighted by Gasteiger charge is -2.34. The fourth-order valence-electron chi connectivity index (χ4n) is 3.36. The number of aryl methyl sites for hydroxylation is 1. The smallest absolute Gasteiger partial charge is 0.150 e. The van der Waals surface area contributed by atoms with Crippen LogP contribution in [0.3, 0.4) is 0 Å². The highest BCUT2D eigenvalue weighted by molar-refractivity contribution is 5.79. The van der Waals surface area contributed by atoms with Crippen LogP contribution in [0.25, 0.3) is 10.9 Å². The average Bonchev–Trinajstić information content (AvgIpc) is 3.09. The second kappa shape index (κ2) is 6.82. The summed E-state index contributed by atoms with van der Waals surface area (Å²) in [5.74, 6) is 1.67. The molecule has 130 valence electrons. The maximum absolute atomic E-state index is 5.73. The van der Waals surface area contributed by atoms with E-state index < -0.39 is 0 Å². The molecular weight excluding hydrogens is 314 g/mol. The SMILES string of the molecule is CNc1cc(C)nc(C2COCCN2Cc2ccc3cc[nH]c3c2)n1. The molecule has 0 aliphatic carbocycles. The maximum Gasteiger partial charge on any atom is 0.150 e. The second-order valence-corrected chi connectivity index (χ2v) is 6.46. The summed E-state index contributed by atoms with van der Waals surface area (Å²) in [6.07, 6.45) is 1.98. The minimum absolute atomic E-state index is 0.0695. The molecule has 1 saturated heterocycles. The van der Waals surface area contributed by atoms with E-state index in [4.69, 9.17) is 4.74 Å². The van der Waals surface area contributed by atoms with Crippen LogP contribution < -0.4 is 5.32 Å². The van der Waals surface area contributed by atoms with Gasteiger partial charge in [0.05, 0.1) is 19.3 Å². The monoisotopic (exact) mass is 337 g/mol. The molecule has 1 aromatic carbocycles. The number of H-pyrrole nitrogens is 1. The van der Waals surface area contributed by atoms with E-state index in [9.17, 15) is 0 Å². The quantitative estimate of drug-likeness (QED) is 0.766. The first kappa shape index (κ1) is 16.1. The Bertz CT molecular complexity index is 875. The van der Waals surface area contributed by atoms with Gasteiger partial charge in [-0.2, -0.15) is 0 Å². The van der Waals surface area contributed by atoms with Gasteiger partial charge in [-0.25, -0.2) is 9.97 Å². The first-order valence-electron chi connectivity index (χ1n) is 8.64. The highest BCUT2D eigenvalue weighted by atomic mass is 16.5. The number of nitrogens with one attached hydrogen (secondary N) is 2. The molecule has 0 bridgehead atoms. The Labute approximate surface area is 147 Å². The molecule has 1 aliphatic rings. The van der Waals surface area contributed by atoms with Crippen molar-refractivity contribution in [3.05, 3.63) is 53.6 Å². The minimum Gasteiger partial charge on any atom is -0.378 e. The van der Waals surface area contributed by atoms with E-state index in [0.717, 1.165) is 37.0 Å². The maximum atomic E-state index is 5.73. The van der Waals surface area contributed by atoms with Gasteiger partial charge in [-0.15, -0.1) is 0 Å². The van der Waals surface area contributed by atoms with Gasteiger partial charge >= 0.3 is 0 Å². The van der Waals surface area contributed by atoms with E-state index in [0.29, 0.717) is 6.61 Å². The first-order valence-corrected chi connectivity index (χ1v) is 8.64. The number of anilines is 1. The Morgan fingerprint density at radius 1 is 1.28 bits per heavy atom. The van der Waals surface area contributed by atoms with E-state index >= 15 is 0 Å². The summed E-state index contributed by atoms with van der Waals surface area (Å²) in [7, 11) is 1.88. The number of hydrogen-bond donors (Lipinski definition) is 2. The van der Waals surface area contributed by atoms with Gasteiger partial charge in [0.15, 0.2) is 0 Å². The molecule has 2 N–H and O–H groups in total. The highest BCUT2D eigenvalue weighted by Gasteiger charge is 2.27. The summed E-state index contributed by atoms with van der Waals surface area (Å²) in [6.45, 7) is 5.09. The second-order valence-electron chi connectivity index (χ2n) is 6.46. The third kappa shape index (κ3) is 3.36. The van der Waals surface area contributed by atoms with Gasteiger partial charge in [-0.1, -0.05) is 12.1 Å². The average molecular weight is 337 g/mol. The van der Waals surface area contributed by atoms with Gasteiger partial charge in [-0.05, 0) is 30.0 Å². The fraction of sp³-hybridized carbons (Fsp3) is 0.368. The standard InChI is InChI=1S/C19H23N5O/c1-13-9-18(20-2)23-19(22-13)17-12-25-8-7-24(17)11-14-3-4-15-5-6-21-16(15)10-14/h3-6,9-10,17,21H,7-8,11-12H2,1-2H3,(H,20,22,23). The largest absolute Gasteiger partial charge is 0.378 e. The van der Waals surface area contributed by atoms with Crippen LogP contribution in [0.5, 0.6) is 0 Å². The molecule has 3 heterocycles. The third-order valence-electron chi connectivity index (χ3n) is 4.67. The number of morpholine rings is 1. The van der Waals surface area contributed by atoms with Gasteiger partial charge in [0.1, 0.15) is 11.6 Å². The fourth-order valence-corrected chi connectivity index (χ4v) is 3.36. The summed E-state index contributed by atoms with van der Waals surface area (Å²) in [6, 6.07) is 10.7. The zero-order valence-electron chi connectivity index (χ0n) is 14.6. The van der Waals surface area contributed by atoms with Crippen LogP contribution in [0.4, 0.5) is 5.82 Å². The van der Waals surface area contributed by atoms with Crippen LogP contribution in [0.1, 0.15) is 23.1 Å². The normalized spacial score (nSPS) is 18.6. The minimum atomic E-state index is 0.0695. The Kier molecular flexibility index (Phi) is 4.38. The van der Waals surface area contributed by atoms with Gasteiger partial charge in [0.25, 0.3) is 0 Å². The molecule has 1 fully saturated rings. The number of rotatable bonds is 4. The molecule has 0 saturated carbocycles. The number of fused-ring (bicyclic) bond motifs is 1. The van der Waals surface area contributed by atoms with Crippen molar-refractivity contribution < 1.29 is 4.74 Å². The van der Waals surface area contributed by atoms with Gasteiger partial charge < -0.3 is 15.0 Å². The summed E-state index contributed by atoms with van der Waals surface area (Å²) in [5.41, 5.74) is 3.42. The summed E-state index contributed by atoms with van der Waals surface area (Å²) in [4.78, 5) is 15.0. The van der Waals surface area contributed by atoms with Crippen molar-refractivity contribution in [1.29, 1.82) is 0 Å². The van der Waals surface area contributed by atoms with Crippen molar-refractivity contribution in [3.8, 4) is 0 Å². The Morgan fingerprint density at radius 2 is 2.20 bits per heavy atom. The molecule has 6 heteroatoms. The van der Waals surface area contributed by atoms with E-state index in [-0.39, 0.29) is 6.04 Å². The van der Waals surface area contributed by atoms with Crippen molar-refractivity contribution in [2.75, 3.05) is 32.1 Å². The van der Waals surface area contributed by atoms with E-state index in [2.05, 4.69) is 49.4 Å². The molecule has 1 aliphatic heterocycles. The highest BCUT2D eigenvalue weighted by Crippen LogP contribution is 2.25. The van der Waals surface area contributed by atoms with Crippen LogP contribution in [0.2, 0.25) is 0 Å².